The van der Waals surface area contributed by atoms with Crippen molar-refractivity contribution >= 4 is 35.1 Å². The number of carbonyl (C=O) groups is 3. The van der Waals surface area contributed by atoms with E-state index in [-0.39, 0.29) is 31.4 Å². The van der Waals surface area contributed by atoms with E-state index in [2.05, 4.69) is 0 Å². The third-order valence-electron chi connectivity index (χ3n) is 3.73. The fourth-order valence-corrected chi connectivity index (χ4v) is 2.52. The monoisotopic (exact) mass is 354 g/mol. The SMILES string of the molecule is COc1ccc(Cl)cc1N1C[C@H](C(=O)OCC(=O)N(C)C)CC1=O. The Hall–Kier alpha value is -2.28. The van der Waals surface area contributed by atoms with Crippen molar-refractivity contribution < 1.29 is 23.9 Å². The molecule has 0 spiro atoms. The number of ether oxygens (including phenoxy) is 2. The van der Waals surface area contributed by atoms with Gasteiger partial charge < -0.3 is 19.3 Å². The topological polar surface area (TPSA) is 76.2 Å². The summed E-state index contributed by atoms with van der Waals surface area (Å²) in [5, 5.41) is 0.459. The summed E-state index contributed by atoms with van der Waals surface area (Å²) in [4.78, 5) is 38.6. The van der Waals surface area contributed by atoms with Crippen molar-refractivity contribution in [2.24, 2.45) is 5.92 Å². The molecule has 1 aliphatic rings. The number of halogens is 1. The lowest BCUT2D eigenvalue weighted by Gasteiger charge is -2.19. The molecule has 2 amide bonds. The minimum absolute atomic E-state index is 0.0185. The van der Waals surface area contributed by atoms with Crippen molar-refractivity contribution in [3.05, 3.63) is 23.2 Å². The van der Waals surface area contributed by atoms with Gasteiger partial charge in [0.1, 0.15) is 5.75 Å². The predicted octanol–water partition coefficient (Wildman–Crippen LogP) is 1.33. The molecule has 1 saturated heterocycles. The zero-order valence-electron chi connectivity index (χ0n) is 13.7. The fourth-order valence-electron chi connectivity index (χ4n) is 2.35. The number of anilines is 1. The lowest BCUT2D eigenvalue weighted by Crippen LogP contribution is -2.30. The molecule has 130 valence electrons. The lowest BCUT2D eigenvalue weighted by atomic mass is 10.1. The van der Waals surface area contributed by atoms with E-state index in [1.54, 1.807) is 32.3 Å². The highest BCUT2D eigenvalue weighted by Gasteiger charge is 2.37. The van der Waals surface area contributed by atoms with Gasteiger partial charge in [-0.1, -0.05) is 11.6 Å². The van der Waals surface area contributed by atoms with E-state index in [0.29, 0.717) is 16.5 Å². The maximum atomic E-state index is 12.3. The predicted molar refractivity (Wildman–Crippen MR) is 88.1 cm³/mol. The third kappa shape index (κ3) is 3.97. The summed E-state index contributed by atoms with van der Waals surface area (Å²) in [5.74, 6) is -1.25. The molecule has 1 aromatic carbocycles. The summed E-state index contributed by atoms with van der Waals surface area (Å²) in [6, 6.07) is 4.93. The van der Waals surface area contributed by atoms with Gasteiger partial charge in [0.25, 0.3) is 5.91 Å². The van der Waals surface area contributed by atoms with Crippen LogP contribution in [0.2, 0.25) is 5.02 Å². The highest BCUT2D eigenvalue weighted by molar-refractivity contribution is 6.31. The highest BCUT2D eigenvalue weighted by Crippen LogP contribution is 2.35. The number of rotatable bonds is 5. The van der Waals surface area contributed by atoms with Crippen LogP contribution in [-0.4, -0.2) is 57.0 Å². The smallest absolute Gasteiger partial charge is 0.311 e. The van der Waals surface area contributed by atoms with Crippen LogP contribution in [0.3, 0.4) is 0 Å². The van der Waals surface area contributed by atoms with Crippen LogP contribution in [-0.2, 0) is 19.1 Å². The summed E-state index contributed by atoms with van der Waals surface area (Å²) in [6.07, 6.45) is 0.0185. The Morgan fingerprint density at radius 2 is 2.08 bits per heavy atom. The van der Waals surface area contributed by atoms with Crippen LogP contribution in [0.15, 0.2) is 18.2 Å². The molecule has 8 heteroatoms. The fraction of sp³-hybridized carbons (Fsp3) is 0.438. The van der Waals surface area contributed by atoms with E-state index in [1.807, 2.05) is 0 Å². The van der Waals surface area contributed by atoms with E-state index in [9.17, 15) is 14.4 Å². The molecule has 1 atom stereocenters. The molecular formula is C16H19ClN2O5. The van der Waals surface area contributed by atoms with E-state index >= 15 is 0 Å². The minimum Gasteiger partial charge on any atom is -0.495 e. The maximum Gasteiger partial charge on any atom is 0.311 e. The van der Waals surface area contributed by atoms with Crippen molar-refractivity contribution in [1.29, 1.82) is 0 Å². The lowest BCUT2D eigenvalue weighted by molar-refractivity contribution is -0.154. The van der Waals surface area contributed by atoms with Crippen LogP contribution in [0, 0.1) is 5.92 Å². The van der Waals surface area contributed by atoms with Crippen LogP contribution in [0.5, 0.6) is 5.75 Å². The maximum absolute atomic E-state index is 12.3. The molecule has 0 unspecified atom stereocenters. The Labute approximate surface area is 145 Å². The van der Waals surface area contributed by atoms with Crippen molar-refractivity contribution in [3.63, 3.8) is 0 Å². The van der Waals surface area contributed by atoms with Gasteiger partial charge in [-0.15, -0.1) is 0 Å². The summed E-state index contributed by atoms with van der Waals surface area (Å²) in [5.41, 5.74) is 0.509. The van der Waals surface area contributed by atoms with Gasteiger partial charge in [-0.05, 0) is 18.2 Å². The first-order valence-electron chi connectivity index (χ1n) is 7.34. The molecule has 1 aromatic rings. The van der Waals surface area contributed by atoms with Gasteiger partial charge in [0.2, 0.25) is 5.91 Å². The first kappa shape index (κ1) is 18.1. The Bertz CT molecular complexity index is 662. The van der Waals surface area contributed by atoms with Crippen LogP contribution >= 0.6 is 11.6 Å². The molecule has 7 nitrogen and oxygen atoms in total. The Kier molecular flexibility index (Phi) is 5.66. The van der Waals surface area contributed by atoms with Crippen LogP contribution < -0.4 is 9.64 Å². The van der Waals surface area contributed by atoms with Gasteiger partial charge >= 0.3 is 5.97 Å². The summed E-state index contributed by atoms with van der Waals surface area (Å²) < 4.78 is 10.2. The van der Waals surface area contributed by atoms with Crippen molar-refractivity contribution in [1.82, 2.24) is 4.90 Å². The van der Waals surface area contributed by atoms with Gasteiger partial charge in [0.15, 0.2) is 6.61 Å². The largest absolute Gasteiger partial charge is 0.495 e. The van der Waals surface area contributed by atoms with Crippen LogP contribution in [0.4, 0.5) is 5.69 Å². The van der Waals surface area contributed by atoms with Gasteiger partial charge in [-0.2, -0.15) is 0 Å². The van der Waals surface area contributed by atoms with Gasteiger partial charge in [-0.3, -0.25) is 14.4 Å². The number of amides is 2. The van der Waals surface area contributed by atoms with Crippen LogP contribution in [0.1, 0.15) is 6.42 Å². The van der Waals surface area contributed by atoms with E-state index in [0.717, 1.165) is 0 Å². The molecule has 24 heavy (non-hydrogen) atoms. The van der Waals surface area contributed by atoms with Crippen molar-refractivity contribution in [3.8, 4) is 5.75 Å². The van der Waals surface area contributed by atoms with Crippen molar-refractivity contribution in [2.45, 2.75) is 6.42 Å². The molecule has 1 fully saturated rings. The average Bonchev–Trinajstić information content (AvgIpc) is 2.93. The van der Waals surface area contributed by atoms with Gasteiger partial charge in [-0.25, -0.2) is 0 Å². The van der Waals surface area contributed by atoms with E-state index in [1.165, 1.54) is 16.9 Å². The standard InChI is InChI=1S/C16H19ClN2O5/c1-18(2)15(21)9-24-16(22)10-6-14(20)19(8-10)12-7-11(17)4-5-13(12)23-3/h4-5,7,10H,6,8-9H2,1-3H3/t10-/m1/s1. The number of carbonyl (C=O) groups excluding carboxylic acids is 3. The highest BCUT2D eigenvalue weighted by atomic mass is 35.5. The summed E-state index contributed by atoms with van der Waals surface area (Å²) in [7, 11) is 4.64. The molecule has 1 aliphatic heterocycles. The number of hydrogen-bond acceptors (Lipinski definition) is 5. The molecule has 2 rings (SSSR count). The van der Waals surface area contributed by atoms with Crippen LogP contribution in [0.25, 0.3) is 0 Å². The molecule has 0 bridgehead atoms. The number of likely N-dealkylation sites (N-methyl/N-ethyl adjacent to an activating group) is 1. The first-order valence-corrected chi connectivity index (χ1v) is 7.72. The molecular weight excluding hydrogens is 336 g/mol. The average molecular weight is 355 g/mol. The Morgan fingerprint density at radius 3 is 2.71 bits per heavy atom. The second-order valence-electron chi connectivity index (χ2n) is 5.62. The zero-order valence-corrected chi connectivity index (χ0v) is 14.5. The molecule has 0 saturated carbocycles. The first-order chi connectivity index (χ1) is 11.3. The molecule has 1 heterocycles. The third-order valence-corrected chi connectivity index (χ3v) is 3.96. The molecule has 0 aromatic heterocycles. The second kappa shape index (κ2) is 7.53. The molecule has 0 N–H and O–H groups in total. The Morgan fingerprint density at radius 1 is 1.38 bits per heavy atom. The molecule has 0 radical (unpaired) electrons. The minimum atomic E-state index is -0.629. The summed E-state index contributed by atoms with van der Waals surface area (Å²) in [6.45, 7) is -0.179. The van der Waals surface area contributed by atoms with Gasteiger partial charge in [0.05, 0.1) is 18.7 Å². The number of methoxy groups -OCH3 is 1. The van der Waals surface area contributed by atoms with E-state index in [4.69, 9.17) is 21.1 Å². The van der Waals surface area contributed by atoms with Gasteiger partial charge in [0, 0.05) is 32.1 Å². The molecule has 0 aliphatic carbocycles. The second-order valence-corrected chi connectivity index (χ2v) is 6.05. The normalized spacial score (nSPS) is 16.9. The number of esters is 1. The summed E-state index contributed by atoms with van der Waals surface area (Å²) >= 11 is 5.99. The Balaban J connectivity index is 2.07. The zero-order chi connectivity index (χ0) is 17.9. The number of benzene rings is 1. The quantitative estimate of drug-likeness (QED) is 0.746. The number of nitrogens with zero attached hydrogens (tertiary/aromatic N) is 2. The number of hydrogen-bond donors (Lipinski definition) is 0. The van der Waals surface area contributed by atoms with Crippen molar-refractivity contribution in [2.75, 3.05) is 39.3 Å². The van der Waals surface area contributed by atoms with E-state index < -0.39 is 11.9 Å².